The van der Waals surface area contributed by atoms with E-state index in [1.807, 2.05) is 0 Å². The molecule has 2 nitrogen and oxygen atoms in total. The van der Waals surface area contributed by atoms with Gasteiger partial charge in [0.2, 0.25) is 0 Å². The van der Waals surface area contributed by atoms with Crippen LogP contribution in [0.5, 0.6) is 0 Å². The minimum absolute atomic E-state index is 0.965. The van der Waals surface area contributed by atoms with Gasteiger partial charge in [0.15, 0.2) is 0 Å². The van der Waals surface area contributed by atoms with Crippen molar-refractivity contribution in [3.8, 4) is 0 Å². The van der Waals surface area contributed by atoms with Crippen molar-refractivity contribution >= 4 is 5.69 Å². The highest BCUT2D eigenvalue weighted by atomic mass is 15.1. The summed E-state index contributed by atoms with van der Waals surface area (Å²) < 4.78 is 0. The SMILES string of the molecule is CCNc1ccc(CN(C)Cc2ccc(C)cc2)cc1. The van der Waals surface area contributed by atoms with Crippen LogP contribution in [-0.4, -0.2) is 18.5 Å². The molecule has 0 atom stereocenters. The molecule has 0 radical (unpaired) electrons. The van der Waals surface area contributed by atoms with Crippen LogP contribution in [0.15, 0.2) is 48.5 Å². The third-order valence-electron chi connectivity index (χ3n) is 3.36. The van der Waals surface area contributed by atoms with E-state index in [9.17, 15) is 0 Å². The molecule has 0 aromatic heterocycles. The zero-order chi connectivity index (χ0) is 14.4. The molecule has 2 aromatic carbocycles. The Morgan fingerprint density at radius 3 is 1.85 bits per heavy atom. The van der Waals surface area contributed by atoms with Gasteiger partial charge in [-0.2, -0.15) is 0 Å². The van der Waals surface area contributed by atoms with E-state index in [0.717, 1.165) is 19.6 Å². The zero-order valence-corrected chi connectivity index (χ0v) is 12.7. The van der Waals surface area contributed by atoms with Gasteiger partial charge >= 0.3 is 0 Å². The van der Waals surface area contributed by atoms with Crippen molar-refractivity contribution in [2.45, 2.75) is 26.9 Å². The molecule has 0 bridgehead atoms. The fraction of sp³-hybridized carbons (Fsp3) is 0.333. The summed E-state index contributed by atoms with van der Waals surface area (Å²) in [5, 5.41) is 3.32. The van der Waals surface area contributed by atoms with Crippen LogP contribution >= 0.6 is 0 Å². The summed E-state index contributed by atoms with van der Waals surface area (Å²) in [5.41, 5.74) is 5.22. The Bertz CT molecular complexity index is 514. The smallest absolute Gasteiger partial charge is 0.0340 e. The van der Waals surface area contributed by atoms with Crippen molar-refractivity contribution in [1.82, 2.24) is 4.90 Å². The minimum Gasteiger partial charge on any atom is -0.385 e. The normalized spacial score (nSPS) is 10.8. The van der Waals surface area contributed by atoms with Gasteiger partial charge in [0, 0.05) is 25.3 Å². The molecule has 0 unspecified atom stereocenters. The summed E-state index contributed by atoms with van der Waals surface area (Å²) in [6.45, 7) is 7.16. The minimum atomic E-state index is 0.965. The monoisotopic (exact) mass is 268 g/mol. The summed E-state index contributed by atoms with van der Waals surface area (Å²) in [5.74, 6) is 0. The van der Waals surface area contributed by atoms with Gasteiger partial charge in [-0.05, 0) is 44.2 Å². The summed E-state index contributed by atoms with van der Waals surface area (Å²) in [4.78, 5) is 2.34. The molecular formula is C18H24N2. The second-order valence-corrected chi connectivity index (χ2v) is 5.39. The summed E-state index contributed by atoms with van der Waals surface area (Å²) in [7, 11) is 2.16. The molecule has 106 valence electrons. The second kappa shape index (κ2) is 7.11. The van der Waals surface area contributed by atoms with Crippen LogP contribution in [0, 0.1) is 6.92 Å². The van der Waals surface area contributed by atoms with Crippen molar-refractivity contribution in [2.24, 2.45) is 0 Å². The number of rotatable bonds is 6. The van der Waals surface area contributed by atoms with Crippen molar-refractivity contribution in [3.63, 3.8) is 0 Å². The van der Waals surface area contributed by atoms with Gasteiger partial charge in [-0.15, -0.1) is 0 Å². The molecule has 0 spiro atoms. The number of nitrogens with zero attached hydrogens (tertiary/aromatic N) is 1. The highest BCUT2D eigenvalue weighted by Crippen LogP contribution is 2.12. The number of hydrogen-bond acceptors (Lipinski definition) is 2. The Morgan fingerprint density at radius 2 is 1.35 bits per heavy atom. The molecule has 2 rings (SSSR count). The molecular weight excluding hydrogens is 244 g/mol. The molecule has 0 saturated carbocycles. The Balaban J connectivity index is 1.90. The predicted octanol–water partition coefficient (Wildman–Crippen LogP) is 4.06. The molecule has 1 N–H and O–H groups in total. The van der Waals surface area contributed by atoms with Gasteiger partial charge in [0.05, 0.1) is 0 Å². The molecule has 0 aliphatic rings. The molecule has 2 aromatic rings. The standard InChI is InChI=1S/C18H24N2/c1-4-19-18-11-9-17(10-12-18)14-20(3)13-16-7-5-15(2)6-8-16/h5-12,19H,4,13-14H2,1-3H3. The van der Waals surface area contributed by atoms with Gasteiger partial charge < -0.3 is 5.32 Å². The van der Waals surface area contributed by atoms with Crippen molar-refractivity contribution in [3.05, 3.63) is 65.2 Å². The van der Waals surface area contributed by atoms with Crippen LogP contribution in [0.25, 0.3) is 0 Å². The quantitative estimate of drug-likeness (QED) is 0.850. The van der Waals surface area contributed by atoms with E-state index in [-0.39, 0.29) is 0 Å². The maximum Gasteiger partial charge on any atom is 0.0340 e. The largest absolute Gasteiger partial charge is 0.385 e. The van der Waals surface area contributed by atoms with Gasteiger partial charge in [-0.1, -0.05) is 42.0 Å². The lowest BCUT2D eigenvalue weighted by atomic mass is 10.1. The third-order valence-corrected chi connectivity index (χ3v) is 3.36. The van der Waals surface area contributed by atoms with Crippen LogP contribution in [-0.2, 0) is 13.1 Å². The van der Waals surface area contributed by atoms with Gasteiger partial charge in [-0.3, -0.25) is 4.90 Å². The topological polar surface area (TPSA) is 15.3 Å². The number of aryl methyl sites for hydroxylation is 1. The molecule has 0 fully saturated rings. The fourth-order valence-corrected chi connectivity index (χ4v) is 2.30. The average molecular weight is 268 g/mol. The summed E-state index contributed by atoms with van der Waals surface area (Å²) >= 11 is 0. The molecule has 0 aliphatic heterocycles. The zero-order valence-electron chi connectivity index (χ0n) is 12.7. The first-order valence-electron chi connectivity index (χ1n) is 7.24. The van der Waals surface area contributed by atoms with Gasteiger partial charge in [-0.25, -0.2) is 0 Å². The Hall–Kier alpha value is -1.80. The maximum atomic E-state index is 3.32. The lowest BCUT2D eigenvalue weighted by Gasteiger charge is -2.17. The number of hydrogen-bond donors (Lipinski definition) is 1. The number of nitrogens with one attached hydrogen (secondary N) is 1. The third kappa shape index (κ3) is 4.39. The van der Waals surface area contributed by atoms with E-state index in [2.05, 4.69) is 79.6 Å². The Labute approximate surface area is 122 Å². The van der Waals surface area contributed by atoms with E-state index in [1.165, 1.54) is 22.4 Å². The maximum absolute atomic E-state index is 3.32. The van der Waals surface area contributed by atoms with Gasteiger partial charge in [0.1, 0.15) is 0 Å². The average Bonchev–Trinajstić information content (AvgIpc) is 2.44. The molecule has 2 heteroatoms. The van der Waals surface area contributed by atoms with Gasteiger partial charge in [0.25, 0.3) is 0 Å². The van der Waals surface area contributed by atoms with E-state index in [0.29, 0.717) is 0 Å². The van der Waals surface area contributed by atoms with E-state index < -0.39 is 0 Å². The van der Waals surface area contributed by atoms with Crippen molar-refractivity contribution < 1.29 is 0 Å². The van der Waals surface area contributed by atoms with Crippen LogP contribution in [0.4, 0.5) is 5.69 Å². The highest BCUT2D eigenvalue weighted by Gasteiger charge is 2.02. The lowest BCUT2D eigenvalue weighted by molar-refractivity contribution is 0.319. The van der Waals surface area contributed by atoms with E-state index in [1.54, 1.807) is 0 Å². The highest BCUT2D eigenvalue weighted by molar-refractivity contribution is 5.44. The van der Waals surface area contributed by atoms with E-state index >= 15 is 0 Å². The molecule has 0 amide bonds. The molecule has 0 saturated heterocycles. The fourth-order valence-electron chi connectivity index (χ4n) is 2.30. The summed E-state index contributed by atoms with van der Waals surface area (Å²) in [6, 6.07) is 17.5. The van der Waals surface area contributed by atoms with Crippen molar-refractivity contribution in [2.75, 3.05) is 18.9 Å². The lowest BCUT2D eigenvalue weighted by Crippen LogP contribution is -2.17. The predicted molar refractivity (Wildman–Crippen MR) is 87.0 cm³/mol. The molecule has 0 heterocycles. The molecule has 0 aliphatic carbocycles. The van der Waals surface area contributed by atoms with E-state index in [4.69, 9.17) is 0 Å². The van der Waals surface area contributed by atoms with Crippen LogP contribution < -0.4 is 5.32 Å². The van der Waals surface area contributed by atoms with Crippen LogP contribution in [0.3, 0.4) is 0 Å². The second-order valence-electron chi connectivity index (χ2n) is 5.39. The Morgan fingerprint density at radius 1 is 0.850 bits per heavy atom. The number of benzene rings is 2. The number of anilines is 1. The first-order valence-corrected chi connectivity index (χ1v) is 7.24. The summed E-state index contributed by atoms with van der Waals surface area (Å²) in [6.07, 6.45) is 0. The molecule has 20 heavy (non-hydrogen) atoms. The Kier molecular flexibility index (Phi) is 5.19. The van der Waals surface area contributed by atoms with Crippen LogP contribution in [0.2, 0.25) is 0 Å². The van der Waals surface area contributed by atoms with Crippen LogP contribution in [0.1, 0.15) is 23.6 Å². The van der Waals surface area contributed by atoms with Crippen molar-refractivity contribution in [1.29, 1.82) is 0 Å². The first-order chi connectivity index (χ1) is 9.67. The first kappa shape index (κ1) is 14.6.